The predicted octanol–water partition coefficient (Wildman–Crippen LogP) is 4.43. The zero-order valence-corrected chi connectivity index (χ0v) is 25.4. The van der Waals surface area contributed by atoms with Gasteiger partial charge in [-0.05, 0) is 68.4 Å². The maximum atomic E-state index is 13.7. The Labute approximate surface area is 254 Å². The third-order valence-electron chi connectivity index (χ3n) is 8.79. The summed E-state index contributed by atoms with van der Waals surface area (Å²) in [5.74, 6) is -4.12. The Bertz CT molecular complexity index is 1560. The number of ketones is 1. The summed E-state index contributed by atoms with van der Waals surface area (Å²) in [5.41, 5.74) is 3.94. The molecule has 0 aromatic heterocycles. The summed E-state index contributed by atoms with van der Waals surface area (Å²) < 4.78 is 0. The Morgan fingerprint density at radius 2 is 1.84 bits per heavy atom. The van der Waals surface area contributed by atoms with Crippen molar-refractivity contribution in [2.24, 2.45) is 17.8 Å². The molecule has 1 heterocycles. The van der Waals surface area contributed by atoms with Gasteiger partial charge in [-0.25, -0.2) is 9.59 Å². The van der Waals surface area contributed by atoms with Gasteiger partial charge in [-0.2, -0.15) is 0 Å². The molecule has 2 aliphatic carbocycles. The van der Waals surface area contributed by atoms with Crippen molar-refractivity contribution in [3.8, 4) is 0 Å². The lowest BCUT2D eigenvalue weighted by molar-refractivity contribution is -0.133. The minimum Gasteiger partial charge on any atom is -0.478 e. The standard InChI is InChI=1S/C33H36N2O7S/c1-16-8-9-21(17(2)10-16)14-35-15-23(12-26(35)31(38)34-22-7-5-6-20(11-22)32(39)40)43-30-18(3)24-13-25(28(30)33(41)42)29(37)27(24)19(4)36/h5-11,13,18-19,23-24,26-27,36H,12,14-15H2,1-4H3,(H,34,38)(H,39,40)(H,41,42). The fourth-order valence-corrected chi connectivity index (χ4v) is 8.22. The summed E-state index contributed by atoms with van der Waals surface area (Å²) >= 11 is 1.42. The van der Waals surface area contributed by atoms with Gasteiger partial charge in [0.25, 0.3) is 0 Å². The summed E-state index contributed by atoms with van der Waals surface area (Å²) in [6.07, 6.45) is 1.24. The highest BCUT2D eigenvalue weighted by atomic mass is 32.2. The highest BCUT2D eigenvalue weighted by Gasteiger charge is 2.50. The number of aryl methyl sites for hydroxylation is 2. The molecule has 1 saturated heterocycles. The second-order valence-electron chi connectivity index (χ2n) is 11.8. The number of carboxylic acid groups (broad SMARTS) is 2. The number of aromatic carboxylic acids is 1. The van der Waals surface area contributed by atoms with E-state index in [0.29, 0.717) is 30.1 Å². The minimum absolute atomic E-state index is 0.00113. The van der Waals surface area contributed by atoms with Gasteiger partial charge in [0.15, 0.2) is 5.78 Å². The number of hydrogen-bond acceptors (Lipinski definition) is 7. The van der Waals surface area contributed by atoms with Crippen molar-refractivity contribution in [1.82, 2.24) is 4.90 Å². The molecule has 9 nitrogen and oxygen atoms in total. The molecular weight excluding hydrogens is 568 g/mol. The Balaban J connectivity index is 1.43. The molecule has 226 valence electrons. The van der Waals surface area contributed by atoms with Crippen molar-refractivity contribution in [1.29, 1.82) is 0 Å². The van der Waals surface area contributed by atoms with Crippen LogP contribution in [0.1, 0.15) is 47.3 Å². The number of benzene rings is 2. The normalized spacial score (nSPS) is 25.9. The van der Waals surface area contributed by atoms with Crippen LogP contribution in [0, 0.1) is 31.6 Å². The molecule has 6 atom stereocenters. The van der Waals surface area contributed by atoms with Crippen LogP contribution in [-0.4, -0.2) is 67.8 Å². The Morgan fingerprint density at radius 1 is 1.09 bits per heavy atom. The molecule has 10 heteroatoms. The van der Waals surface area contributed by atoms with Gasteiger partial charge in [-0.15, -0.1) is 11.8 Å². The van der Waals surface area contributed by atoms with Gasteiger partial charge in [0.2, 0.25) is 5.91 Å². The van der Waals surface area contributed by atoms with Gasteiger partial charge in [-0.3, -0.25) is 14.5 Å². The van der Waals surface area contributed by atoms with Crippen molar-refractivity contribution >= 4 is 41.1 Å². The van der Waals surface area contributed by atoms with E-state index in [0.717, 1.165) is 16.7 Å². The number of likely N-dealkylation sites (tertiary alicyclic amines) is 1. The fraction of sp³-hybridized carbons (Fsp3) is 0.394. The third-order valence-corrected chi connectivity index (χ3v) is 10.3. The lowest BCUT2D eigenvalue weighted by Gasteiger charge is -2.29. The van der Waals surface area contributed by atoms with Crippen LogP contribution in [0.5, 0.6) is 0 Å². The van der Waals surface area contributed by atoms with E-state index in [9.17, 15) is 34.5 Å². The number of nitrogens with zero attached hydrogens (tertiary/aromatic N) is 1. The van der Waals surface area contributed by atoms with Crippen molar-refractivity contribution in [2.75, 3.05) is 11.9 Å². The number of rotatable bonds is 9. The summed E-state index contributed by atoms with van der Waals surface area (Å²) in [6, 6.07) is 11.7. The molecular formula is C33H36N2O7S. The fourth-order valence-electron chi connectivity index (χ4n) is 6.63. The van der Waals surface area contributed by atoms with Crippen LogP contribution in [0.15, 0.2) is 64.6 Å². The SMILES string of the molecule is Cc1ccc(CN2CC(SC3=C(C(=O)O)C4=CC(C3C)C(C(C)O)C4=O)CC2C(=O)Nc2cccc(C(=O)O)c2)c(C)c1. The number of aliphatic hydroxyl groups is 1. The molecule has 2 aromatic rings. The average Bonchev–Trinajstić information content (AvgIpc) is 3.47. The first-order valence-corrected chi connectivity index (χ1v) is 15.3. The topological polar surface area (TPSA) is 144 Å². The summed E-state index contributed by atoms with van der Waals surface area (Å²) in [7, 11) is 0. The van der Waals surface area contributed by atoms with Gasteiger partial charge in [0.1, 0.15) is 0 Å². The molecule has 0 saturated carbocycles. The Kier molecular flexibility index (Phi) is 8.65. The van der Waals surface area contributed by atoms with E-state index < -0.39 is 30.0 Å². The number of nitrogens with one attached hydrogen (secondary N) is 1. The molecule has 4 N–H and O–H groups in total. The lowest BCUT2D eigenvalue weighted by atomic mass is 9.81. The van der Waals surface area contributed by atoms with E-state index in [4.69, 9.17) is 0 Å². The van der Waals surface area contributed by atoms with Crippen LogP contribution in [0.25, 0.3) is 0 Å². The molecule has 6 unspecified atom stereocenters. The van der Waals surface area contributed by atoms with Crippen molar-refractivity contribution < 1.29 is 34.5 Å². The second-order valence-corrected chi connectivity index (χ2v) is 13.2. The van der Waals surface area contributed by atoms with E-state index >= 15 is 0 Å². The number of thioether (sulfide) groups is 1. The van der Waals surface area contributed by atoms with Gasteiger partial charge in [-0.1, -0.05) is 42.8 Å². The molecule has 1 aliphatic heterocycles. The summed E-state index contributed by atoms with van der Waals surface area (Å²) in [5, 5.41) is 32.7. The molecule has 5 rings (SSSR count). The van der Waals surface area contributed by atoms with Crippen molar-refractivity contribution in [2.45, 2.75) is 58.1 Å². The first-order chi connectivity index (χ1) is 20.3. The largest absolute Gasteiger partial charge is 0.478 e. The Hall–Kier alpha value is -3.73. The van der Waals surface area contributed by atoms with Crippen LogP contribution in [0.2, 0.25) is 0 Å². The molecule has 1 fully saturated rings. The molecule has 3 aliphatic rings. The quantitative estimate of drug-likeness (QED) is 0.327. The predicted molar refractivity (Wildman–Crippen MR) is 164 cm³/mol. The minimum atomic E-state index is -1.17. The third kappa shape index (κ3) is 6.04. The first-order valence-electron chi connectivity index (χ1n) is 14.4. The van der Waals surface area contributed by atoms with Crippen LogP contribution in [0.4, 0.5) is 5.69 Å². The number of carbonyl (C=O) groups is 4. The van der Waals surface area contributed by atoms with Gasteiger partial charge < -0.3 is 20.6 Å². The van der Waals surface area contributed by atoms with Gasteiger partial charge >= 0.3 is 11.9 Å². The van der Waals surface area contributed by atoms with E-state index in [2.05, 4.69) is 22.3 Å². The maximum Gasteiger partial charge on any atom is 0.337 e. The van der Waals surface area contributed by atoms with E-state index in [1.807, 2.05) is 26.8 Å². The smallest absolute Gasteiger partial charge is 0.337 e. The molecule has 2 bridgehead atoms. The number of aliphatic carboxylic acids is 1. The number of anilines is 1. The number of carbonyl (C=O) groups excluding carboxylic acids is 2. The second kappa shape index (κ2) is 12.1. The lowest BCUT2D eigenvalue weighted by Crippen LogP contribution is -2.39. The number of allylic oxidation sites excluding steroid dienone is 2. The average molecular weight is 605 g/mol. The number of hydrogen-bond donors (Lipinski definition) is 4. The number of aliphatic hydroxyl groups excluding tert-OH is 1. The molecule has 0 radical (unpaired) electrons. The van der Waals surface area contributed by atoms with Crippen LogP contribution in [0.3, 0.4) is 0 Å². The van der Waals surface area contributed by atoms with Crippen LogP contribution in [-0.2, 0) is 20.9 Å². The maximum absolute atomic E-state index is 13.7. The number of fused-ring (bicyclic) bond motifs is 1. The molecule has 2 aromatic carbocycles. The highest BCUT2D eigenvalue weighted by Crippen LogP contribution is 2.51. The number of carboxylic acids is 2. The zero-order valence-electron chi connectivity index (χ0n) is 24.5. The number of amides is 1. The van der Waals surface area contributed by atoms with E-state index in [1.165, 1.54) is 23.9 Å². The Morgan fingerprint density at radius 3 is 2.49 bits per heavy atom. The van der Waals surface area contributed by atoms with E-state index in [1.54, 1.807) is 25.1 Å². The van der Waals surface area contributed by atoms with Crippen molar-refractivity contribution in [3.05, 3.63) is 86.8 Å². The first kappa shape index (κ1) is 30.7. The number of Topliss-reactive ketones (excluding diaryl/α,β-unsaturated/α-hetero) is 1. The molecule has 0 spiro atoms. The van der Waals surface area contributed by atoms with Crippen LogP contribution < -0.4 is 5.32 Å². The summed E-state index contributed by atoms with van der Waals surface area (Å²) in [4.78, 5) is 53.4. The van der Waals surface area contributed by atoms with E-state index in [-0.39, 0.29) is 45.5 Å². The zero-order chi connectivity index (χ0) is 31.2. The summed E-state index contributed by atoms with van der Waals surface area (Å²) in [6.45, 7) is 8.53. The molecule has 1 amide bonds. The van der Waals surface area contributed by atoms with Gasteiger partial charge in [0.05, 0.1) is 29.2 Å². The molecule has 43 heavy (non-hydrogen) atoms. The van der Waals surface area contributed by atoms with Gasteiger partial charge in [0, 0.05) is 34.5 Å². The van der Waals surface area contributed by atoms with Crippen molar-refractivity contribution in [3.63, 3.8) is 0 Å². The van der Waals surface area contributed by atoms with Crippen LogP contribution >= 0.6 is 11.8 Å². The highest BCUT2D eigenvalue weighted by molar-refractivity contribution is 8.03. The monoisotopic (exact) mass is 604 g/mol.